The lowest BCUT2D eigenvalue weighted by molar-refractivity contribution is -0.123. The summed E-state index contributed by atoms with van der Waals surface area (Å²) in [5.74, 6) is 1.48. The first kappa shape index (κ1) is 20.9. The minimum Gasteiger partial charge on any atom is -0.377 e. The van der Waals surface area contributed by atoms with Gasteiger partial charge in [0, 0.05) is 44.4 Å². The minimum atomic E-state index is -0.0751. The molecule has 3 fully saturated rings. The zero-order valence-corrected chi connectivity index (χ0v) is 18.1. The van der Waals surface area contributed by atoms with Crippen molar-refractivity contribution in [1.82, 2.24) is 20.4 Å². The zero-order valence-electron chi connectivity index (χ0n) is 18.1. The summed E-state index contributed by atoms with van der Waals surface area (Å²) in [7, 11) is 0. The molecule has 3 aliphatic heterocycles. The van der Waals surface area contributed by atoms with Gasteiger partial charge in [-0.25, -0.2) is 4.98 Å². The van der Waals surface area contributed by atoms with Crippen LogP contribution in [0.4, 0.5) is 5.82 Å². The lowest BCUT2D eigenvalue weighted by Crippen LogP contribution is -2.43. The van der Waals surface area contributed by atoms with Gasteiger partial charge in [0.15, 0.2) is 0 Å². The average Bonchev–Trinajstić information content (AvgIpc) is 3.59. The van der Waals surface area contributed by atoms with Crippen LogP contribution in [0.25, 0.3) is 0 Å². The van der Waals surface area contributed by atoms with E-state index in [4.69, 9.17) is 9.26 Å². The molecule has 2 aromatic rings. The Morgan fingerprint density at radius 2 is 2.06 bits per heavy atom. The number of hydrogen-bond donors (Lipinski definition) is 1. The van der Waals surface area contributed by atoms with Crippen molar-refractivity contribution in [1.29, 1.82) is 0 Å². The summed E-state index contributed by atoms with van der Waals surface area (Å²) in [5, 5.41) is 6.69. The fourth-order valence-corrected chi connectivity index (χ4v) is 5.17. The average molecular weight is 440 g/mol. The SMILES string of the molecule is O=C(C[C@@H]1OC[C@H]2CN(c3ncccc3C(=O)N3CCCC3)CC[C@H]21)NCc1ccon1. The number of hydrogen-bond acceptors (Lipinski definition) is 7. The van der Waals surface area contributed by atoms with Crippen LogP contribution in [0, 0.1) is 11.8 Å². The molecular weight excluding hydrogens is 410 g/mol. The Bertz CT molecular complexity index is 944. The van der Waals surface area contributed by atoms with Crippen LogP contribution in [0.1, 0.15) is 41.7 Å². The Labute approximate surface area is 187 Å². The maximum Gasteiger partial charge on any atom is 0.257 e. The molecule has 0 bridgehead atoms. The molecule has 9 heteroatoms. The highest BCUT2D eigenvalue weighted by atomic mass is 16.5. The Balaban J connectivity index is 1.19. The van der Waals surface area contributed by atoms with Crippen molar-refractivity contribution >= 4 is 17.6 Å². The third-order valence-electron chi connectivity index (χ3n) is 6.85. The van der Waals surface area contributed by atoms with Gasteiger partial charge in [-0.05, 0) is 37.3 Å². The molecule has 0 spiro atoms. The van der Waals surface area contributed by atoms with Gasteiger partial charge in [-0.3, -0.25) is 9.59 Å². The molecule has 5 rings (SSSR count). The molecule has 0 unspecified atom stereocenters. The smallest absolute Gasteiger partial charge is 0.257 e. The first-order valence-corrected chi connectivity index (χ1v) is 11.5. The van der Waals surface area contributed by atoms with Gasteiger partial charge in [0.25, 0.3) is 5.91 Å². The molecule has 2 aromatic heterocycles. The minimum absolute atomic E-state index is 0.0377. The van der Waals surface area contributed by atoms with Crippen molar-refractivity contribution in [3.63, 3.8) is 0 Å². The van der Waals surface area contributed by atoms with Crippen molar-refractivity contribution < 1.29 is 18.8 Å². The van der Waals surface area contributed by atoms with Crippen molar-refractivity contribution in [2.24, 2.45) is 11.8 Å². The number of carbonyl (C=O) groups is 2. The normalized spacial score (nSPS) is 25.1. The molecule has 3 aliphatic rings. The number of anilines is 1. The van der Waals surface area contributed by atoms with Gasteiger partial charge in [0.05, 0.1) is 31.2 Å². The molecule has 3 saturated heterocycles. The number of likely N-dealkylation sites (tertiary alicyclic amines) is 1. The summed E-state index contributed by atoms with van der Waals surface area (Å²) in [5.41, 5.74) is 1.39. The third kappa shape index (κ3) is 4.34. The highest BCUT2D eigenvalue weighted by molar-refractivity contribution is 5.99. The quantitative estimate of drug-likeness (QED) is 0.733. The zero-order chi connectivity index (χ0) is 21.9. The summed E-state index contributed by atoms with van der Waals surface area (Å²) >= 11 is 0. The fraction of sp³-hybridized carbons (Fsp3) is 0.565. The van der Waals surface area contributed by atoms with Crippen LogP contribution in [-0.2, 0) is 16.1 Å². The Kier molecular flexibility index (Phi) is 6.07. The van der Waals surface area contributed by atoms with Crippen molar-refractivity contribution in [3.8, 4) is 0 Å². The van der Waals surface area contributed by atoms with Crippen LogP contribution in [0.5, 0.6) is 0 Å². The molecule has 170 valence electrons. The Hall–Kier alpha value is -2.94. The number of fused-ring (bicyclic) bond motifs is 1. The van der Waals surface area contributed by atoms with E-state index in [9.17, 15) is 9.59 Å². The summed E-state index contributed by atoms with van der Waals surface area (Å²) in [6.45, 7) is 4.23. The van der Waals surface area contributed by atoms with Gasteiger partial charge >= 0.3 is 0 Å². The lowest BCUT2D eigenvalue weighted by atomic mass is 9.83. The van der Waals surface area contributed by atoms with E-state index in [0.29, 0.717) is 42.7 Å². The van der Waals surface area contributed by atoms with E-state index in [-0.39, 0.29) is 17.9 Å². The molecular formula is C23H29N5O4. The number of amides is 2. The Morgan fingerprint density at radius 3 is 2.88 bits per heavy atom. The van der Waals surface area contributed by atoms with E-state index in [0.717, 1.165) is 51.3 Å². The summed E-state index contributed by atoms with van der Waals surface area (Å²) < 4.78 is 10.8. The monoisotopic (exact) mass is 439 g/mol. The van der Waals surface area contributed by atoms with Gasteiger partial charge in [0.2, 0.25) is 5.91 Å². The summed E-state index contributed by atoms with van der Waals surface area (Å²) in [6, 6.07) is 5.46. The Morgan fingerprint density at radius 1 is 1.19 bits per heavy atom. The number of pyridine rings is 1. The molecule has 0 radical (unpaired) electrons. The molecule has 1 N–H and O–H groups in total. The maximum atomic E-state index is 13.0. The second kappa shape index (κ2) is 9.28. The van der Waals surface area contributed by atoms with Crippen LogP contribution >= 0.6 is 0 Å². The second-order valence-corrected chi connectivity index (χ2v) is 8.88. The van der Waals surface area contributed by atoms with E-state index in [1.807, 2.05) is 17.0 Å². The van der Waals surface area contributed by atoms with Crippen LogP contribution in [0.3, 0.4) is 0 Å². The standard InChI is InChI=1S/C23H29N5O4/c29-21(25-13-17-6-11-32-26-17)12-20-18-5-10-28(14-16(18)15-31-20)22-19(4-3-7-24-22)23(30)27-8-1-2-9-27/h3-4,6-7,11,16,18,20H,1-2,5,8-10,12-15H2,(H,25,29)/t16-,18-,20+/m1/s1. The van der Waals surface area contributed by atoms with Crippen molar-refractivity contribution in [3.05, 3.63) is 41.9 Å². The van der Waals surface area contributed by atoms with Gasteiger partial charge in [-0.1, -0.05) is 5.16 Å². The van der Waals surface area contributed by atoms with Gasteiger partial charge in [0.1, 0.15) is 17.8 Å². The predicted molar refractivity (Wildman–Crippen MR) is 116 cm³/mol. The summed E-state index contributed by atoms with van der Waals surface area (Å²) in [6.07, 6.45) is 6.58. The molecule has 5 heterocycles. The van der Waals surface area contributed by atoms with E-state index in [2.05, 4.69) is 20.4 Å². The molecule has 0 aromatic carbocycles. The van der Waals surface area contributed by atoms with Gasteiger partial charge in [-0.15, -0.1) is 0 Å². The predicted octanol–water partition coefficient (Wildman–Crippen LogP) is 1.85. The number of nitrogens with zero attached hydrogens (tertiary/aromatic N) is 4. The topological polar surface area (TPSA) is 101 Å². The number of ether oxygens (including phenoxy) is 1. The number of rotatable bonds is 6. The van der Waals surface area contributed by atoms with E-state index >= 15 is 0 Å². The van der Waals surface area contributed by atoms with Crippen molar-refractivity contribution in [2.75, 3.05) is 37.7 Å². The number of piperidine rings is 1. The van der Waals surface area contributed by atoms with Gasteiger partial charge < -0.3 is 24.4 Å². The van der Waals surface area contributed by atoms with Gasteiger partial charge in [-0.2, -0.15) is 0 Å². The molecule has 2 amide bonds. The molecule has 3 atom stereocenters. The highest BCUT2D eigenvalue weighted by Gasteiger charge is 2.42. The fourth-order valence-electron chi connectivity index (χ4n) is 5.17. The first-order valence-electron chi connectivity index (χ1n) is 11.5. The number of aromatic nitrogens is 2. The lowest BCUT2D eigenvalue weighted by Gasteiger charge is -2.37. The van der Waals surface area contributed by atoms with Crippen LogP contribution < -0.4 is 10.2 Å². The molecule has 0 saturated carbocycles. The second-order valence-electron chi connectivity index (χ2n) is 8.88. The van der Waals surface area contributed by atoms with E-state index in [1.54, 1.807) is 12.3 Å². The largest absolute Gasteiger partial charge is 0.377 e. The maximum absolute atomic E-state index is 13.0. The van der Waals surface area contributed by atoms with E-state index < -0.39 is 0 Å². The molecule has 9 nitrogen and oxygen atoms in total. The van der Waals surface area contributed by atoms with Crippen molar-refractivity contribution in [2.45, 2.75) is 38.3 Å². The van der Waals surface area contributed by atoms with Crippen LogP contribution in [0.2, 0.25) is 0 Å². The third-order valence-corrected chi connectivity index (χ3v) is 6.85. The molecule has 0 aliphatic carbocycles. The van der Waals surface area contributed by atoms with E-state index in [1.165, 1.54) is 6.26 Å². The molecule has 32 heavy (non-hydrogen) atoms. The van der Waals surface area contributed by atoms with Crippen LogP contribution in [0.15, 0.2) is 35.2 Å². The number of carbonyl (C=O) groups excluding carboxylic acids is 2. The first-order chi connectivity index (χ1) is 15.7. The highest BCUT2D eigenvalue weighted by Crippen LogP contribution is 2.37. The van der Waals surface area contributed by atoms with Crippen LogP contribution in [-0.4, -0.2) is 65.7 Å². The number of nitrogens with one attached hydrogen (secondary N) is 1. The summed E-state index contributed by atoms with van der Waals surface area (Å²) in [4.78, 5) is 34.2.